The van der Waals surface area contributed by atoms with Crippen molar-refractivity contribution in [1.29, 1.82) is 0 Å². The van der Waals surface area contributed by atoms with Crippen LogP contribution in [0.25, 0.3) is 0 Å². The highest BCUT2D eigenvalue weighted by Crippen LogP contribution is 2.60. The number of rotatable bonds is 5. The van der Waals surface area contributed by atoms with E-state index in [1.165, 1.54) is 49.9 Å². The van der Waals surface area contributed by atoms with Crippen LogP contribution in [-0.2, 0) is 10.0 Å². The number of hydrogen-bond acceptors (Lipinski definition) is 3. The Bertz CT molecular complexity index is 629. The van der Waals surface area contributed by atoms with Gasteiger partial charge in [0.2, 0.25) is 10.0 Å². The number of sulfonamides is 1. The van der Waals surface area contributed by atoms with Gasteiger partial charge in [-0.25, -0.2) is 13.6 Å². The standard InChI is InChI=1S/C14H18N2O3S/c15-20(18,19)12-5-1-10(2-6-12)13(17)16-9-14(7-8-14)11-3-4-11/h1-2,5-6,11H,3-4,7-9H2,(H,16,17)(H2,15,18,19). The predicted molar refractivity (Wildman–Crippen MR) is 74.5 cm³/mol. The predicted octanol–water partition coefficient (Wildman–Crippen LogP) is 1.25. The van der Waals surface area contributed by atoms with Crippen molar-refractivity contribution in [3.8, 4) is 0 Å². The normalized spacial score (nSPS) is 20.4. The van der Waals surface area contributed by atoms with E-state index in [0.717, 1.165) is 12.5 Å². The first-order valence-corrected chi connectivity index (χ1v) is 8.36. The third kappa shape index (κ3) is 2.71. The molecule has 5 nitrogen and oxygen atoms in total. The Morgan fingerprint density at radius 3 is 2.30 bits per heavy atom. The minimum absolute atomic E-state index is 0.0192. The smallest absolute Gasteiger partial charge is 0.251 e. The summed E-state index contributed by atoms with van der Waals surface area (Å²) in [6.45, 7) is 0.730. The van der Waals surface area contributed by atoms with Crippen LogP contribution in [0.15, 0.2) is 29.2 Å². The minimum Gasteiger partial charge on any atom is -0.351 e. The molecule has 108 valence electrons. The van der Waals surface area contributed by atoms with Gasteiger partial charge in [-0.05, 0) is 61.3 Å². The molecule has 1 aromatic rings. The minimum atomic E-state index is -3.71. The Morgan fingerprint density at radius 1 is 1.25 bits per heavy atom. The Hall–Kier alpha value is -1.40. The maximum Gasteiger partial charge on any atom is 0.251 e. The van der Waals surface area contributed by atoms with Crippen molar-refractivity contribution in [2.75, 3.05) is 6.54 Å². The van der Waals surface area contributed by atoms with Gasteiger partial charge in [0.05, 0.1) is 4.90 Å². The largest absolute Gasteiger partial charge is 0.351 e. The molecule has 0 saturated heterocycles. The highest BCUT2D eigenvalue weighted by atomic mass is 32.2. The van der Waals surface area contributed by atoms with E-state index in [0.29, 0.717) is 11.0 Å². The lowest BCUT2D eigenvalue weighted by Gasteiger charge is -2.15. The monoisotopic (exact) mass is 294 g/mol. The van der Waals surface area contributed by atoms with Crippen LogP contribution in [0.5, 0.6) is 0 Å². The third-order valence-electron chi connectivity index (χ3n) is 4.38. The number of nitrogens with one attached hydrogen (secondary N) is 1. The van der Waals surface area contributed by atoms with Crippen LogP contribution in [0, 0.1) is 11.3 Å². The Morgan fingerprint density at radius 2 is 1.85 bits per heavy atom. The first-order valence-electron chi connectivity index (χ1n) is 6.82. The number of benzene rings is 1. The van der Waals surface area contributed by atoms with E-state index >= 15 is 0 Å². The number of primary sulfonamides is 1. The fourth-order valence-corrected chi connectivity index (χ4v) is 3.26. The van der Waals surface area contributed by atoms with Crippen molar-refractivity contribution in [2.24, 2.45) is 16.5 Å². The second kappa shape index (κ2) is 4.56. The maximum atomic E-state index is 12.0. The van der Waals surface area contributed by atoms with Gasteiger partial charge in [0.25, 0.3) is 5.91 Å². The first-order chi connectivity index (χ1) is 9.41. The van der Waals surface area contributed by atoms with Crippen molar-refractivity contribution >= 4 is 15.9 Å². The van der Waals surface area contributed by atoms with Crippen LogP contribution in [0.3, 0.4) is 0 Å². The van der Waals surface area contributed by atoms with E-state index in [2.05, 4.69) is 5.32 Å². The molecule has 0 atom stereocenters. The molecule has 6 heteroatoms. The molecule has 1 amide bonds. The summed E-state index contributed by atoms with van der Waals surface area (Å²) < 4.78 is 22.3. The van der Waals surface area contributed by atoms with Gasteiger partial charge in [-0.15, -0.1) is 0 Å². The first kappa shape index (κ1) is 13.6. The van der Waals surface area contributed by atoms with Crippen molar-refractivity contribution in [2.45, 2.75) is 30.6 Å². The Labute approximate surface area is 118 Å². The number of nitrogens with two attached hydrogens (primary N) is 1. The molecule has 0 unspecified atom stereocenters. The molecular weight excluding hydrogens is 276 g/mol. The molecule has 3 rings (SSSR count). The molecule has 0 spiro atoms. The SMILES string of the molecule is NS(=O)(=O)c1ccc(C(=O)NCC2(C3CC3)CC2)cc1. The lowest BCUT2D eigenvalue weighted by atomic mass is 10.0. The molecule has 0 radical (unpaired) electrons. The molecule has 3 N–H and O–H groups in total. The molecule has 0 bridgehead atoms. The van der Waals surface area contributed by atoms with E-state index < -0.39 is 10.0 Å². The Kier molecular flexibility index (Phi) is 3.10. The Balaban J connectivity index is 1.62. The topological polar surface area (TPSA) is 89.3 Å². The van der Waals surface area contributed by atoms with Gasteiger partial charge in [0.15, 0.2) is 0 Å². The van der Waals surface area contributed by atoms with E-state index in [9.17, 15) is 13.2 Å². The average molecular weight is 294 g/mol. The van der Waals surface area contributed by atoms with E-state index in [4.69, 9.17) is 5.14 Å². The molecule has 2 aliphatic carbocycles. The molecule has 2 fully saturated rings. The summed E-state index contributed by atoms with van der Waals surface area (Å²) in [6, 6.07) is 5.70. The molecular formula is C14H18N2O3S. The number of amides is 1. The van der Waals surface area contributed by atoms with Gasteiger partial charge in [0, 0.05) is 12.1 Å². The van der Waals surface area contributed by atoms with Crippen LogP contribution in [0.4, 0.5) is 0 Å². The lowest BCUT2D eigenvalue weighted by molar-refractivity contribution is 0.0942. The number of carbonyl (C=O) groups is 1. The highest BCUT2D eigenvalue weighted by Gasteiger charge is 2.53. The maximum absolute atomic E-state index is 12.0. The molecule has 2 saturated carbocycles. The summed E-state index contributed by atoms with van der Waals surface area (Å²) in [5.74, 6) is 0.644. The fourth-order valence-electron chi connectivity index (χ4n) is 2.74. The quantitative estimate of drug-likeness (QED) is 0.856. The summed E-state index contributed by atoms with van der Waals surface area (Å²) in [5.41, 5.74) is 0.819. The summed E-state index contributed by atoms with van der Waals surface area (Å²) in [7, 11) is -3.71. The van der Waals surface area contributed by atoms with Gasteiger partial charge < -0.3 is 5.32 Å². The highest BCUT2D eigenvalue weighted by molar-refractivity contribution is 7.89. The van der Waals surface area contributed by atoms with Crippen LogP contribution in [0.2, 0.25) is 0 Å². The van der Waals surface area contributed by atoms with Crippen molar-refractivity contribution in [1.82, 2.24) is 5.32 Å². The fraction of sp³-hybridized carbons (Fsp3) is 0.500. The van der Waals surface area contributed by atoms with Gasteiger partial charge in [-0.3, -0.25) is 4.79 Å². The lowest BCUT2D eigenvalue weighted by Crippen LogP contribution is -2.31. The molecule has 0 aromatic heterocycles. The van der Waals surface area contributed by atoms with Crippen LogP contribution >= 0.6 is 0 Å². The molecule has 0 heterocycles. The van der Waals surface area contributed by atoms with Gasteiger partial charge in [-0.1, -0.05) is 0 Å². The zero-order valence-corrected chi connectivity index (χ0v) is 11.9. The zero-order valence-electron chi connectivity index (χ0n) is 11.1. The molecule has 20 heavy (non-hydrogen) atoms. The van der Waals surface area contributed by atoms with Crippen molar-refractivity contribution < 1.29 is 13.2 Å². The summed E-state index contributed by atoms with van der Waals surface area (Å²) in [4.78, 5) is 12.1. The van der Waals surface area contributed by atoms with Gasteiger partial charge in [-0.2, -0.15) is 0 Å². The molecule has 1 aromatic carbocycles. The summed E-state index contributed by atoms with van der Waals surface area (Å²) in [6.07, 6.45) is 5.00. The second-order valence-electron chi connectivity index (χ2n) is 5.89. The van der Waals surface area contributed by atoms with E-state index in [1.807, 2.05) is 0 Å². The van der Waals surface area contributed by atoms with Crippen molar-refractivity contribution in [3.05, 3.63) is 29.8 Å². The van der Waals surface area contributed by atoms with Crippen LogP contribution in [-0.4, -0.2) is 20.9 Å². The second-order valence-corrected chi connectivity index (χ2v) is 7.45. The average Bonchev–Trinajstić information content (AvgIpc) is 3.27. The number of carbonyl (C=O) groups excluding carboxylic acids is 1. The summed E-state index contributed by atoms with van der Waals surface area (Å²) in [5, 5.41) is 7.98. The van der Waals surface area contributed by atoms with E-state index in [-0.39, 0.29) is 10.8 Å². The zero-order chi connectivity index (χ0) is 14.4. The van der Waals surface area contributed by atoms with Gasteiger partial charge >= 0.3 is 0 Å². The summed E-state index contributed by atoms with van der Waals surface area (Å²) >= 11 is 0. The van der Waals surface area contributed by atoms with E-state index in [1.54, 1.807) is 0 Å². The third-order valence-corrected chi connectivity index (χ3v) is 5.31. The number of hydrogen-bond donors (Lipinski definition) is 2. The van der Waals surface area contributed by atoms with Crippen LogP contribution < -0.4 is 10.5 Å². The molecule has 0 aliphatic heterocycles. The van der Waals surface area contributed by atoms with Crippen LogP contribution in [0.1, 0.15) is 36.0 Å². The van der Waals surface area contributed by atoms with Gasteiger partial charge in [0.1, 0.15) is 0 Å². The van der Waals surface area contributed by atoms with Crippen molar-refractivity contribution in [3.63, 3.8) is 0 Å². The molecule has 2 aliphatic rings.